The van der Waals surface area contributed by atoms with Gasteiger partial charge in [0, 0.05) is 23.6 Å². The van der Waals surface area contributed by atoms with E-state index in [0.717, 1.165) is 18.1 Å². The summed E-state index contributed by atoms with van der Waals surface area (Å²) in [6.45, 7) is 0. The maximum atomic E-state index is 11.1. The molecule has 3 nitrogen and oxygen atoms in total. The van der Waals surface area contributed by atoms with Gasteiger partial charge < -0.3 is 4.57 Å². The van der Waals surface area contributed by atoms with E-state index >= 15 is 0 Å². The average Bonchev–Trinajstić information content (AvgIpc) is 2.29. The first kappa shape index (κ1) is 11.9. The third kappa shape index (κ3) is 2.58. The normalized spacial score (nSPS) is 25.6. The second kappa shape index (κ2) is 5.19. The highest BCUT2D eigenvalue weighted by molar-refractivity contribution is 7.99. The zero-order valence-corrected chi connectivity index (χ0v) is 10.9. The van der Waals surface area contributed by atoms with Crippen LogP contribution in [0.5, 0.6) is 0 Å². The molecule has 0 spiro atoms. The first-order valence-corrected chi connectivity index (χ1v) is 7.24. The largest absolute Gasteiger partial charge is 0.322 e. The molecule has 0 amide bonds. The fraction of sp³-hybridized carbons (Fsp3) is 0.636. The Labute approximate surface area is 104 Å². The molecule has 16 heavy (non-hydrogen) atoms. The minimum atomic E-state index is -0.112. The van der Waals surface area contributed by atoms with Crippen molar-refractivity contribution in [2.75, 3.05) is 6.26 Å². The van der Waals surface area contributed by atoms with Crippen LogP contribution in [-0.4, -0.2) is 21.1 Å². The summed E-state index contributed by atoms with van der Waals surface area (Å²) in [6.07, 6.45) is 8.80. The highest BCUT2D eigenvalue weighted by Crippen LogP contribution is 2.33. The van der Waals surface area contributed by atoms with Crippen molar-refractivity contribution in [3.8, 4) is 0 Å². The van der Waals surface area contributed by atoms with Crippen molar-refractivity contribution in [3.63, 3.8) is 0 Å². The Balaban J connectivity index is 2.14. The van der Waals surface area contributed by atoms with Gasteiger partial charge in [0.15, 0.2) is 4.77 Å². The van der Waals surface area contributed by atoms with E-state index < -0.39 is 0 Å². The summed E-state index contributed by atoms with van der Waals surface area (Å²) < 4.78 is 2.59. The molecule has 1 aliphatic carbocycles. The van der Waals surface area contributed by atoms with E-state index in [0.29, 0.717) is 10.8 Å². The Morgan fingerprint density at radius 3 is 2.69 bits per heavy atom. The lowest BCUT2D eigenvalue weighted by molar-refractivity contribution is 0.352. The summed E-state index contributed by atoms with van der Waals surface area (Å²) in [7, 11) is 0. The number of rotatable bonds is 2. The van der Waals surface area contributed by atoms with Gasteiger partial charge in [0.25, 0.3) is 5.56 Å². The Morgan fingerprint density at radius 2 is 2.12 bits per heavy atom. The number of H-pyrrole nitrogens is 1. The van der Waals surface area contributed by atoms with Crippen LogP contribution in [0.15, 0.2) is 17.1 Å². The van der Waals surface area contributed by atoms with Crippen LogP contribution in [0, 0.1) is 4.77 Å². The molecular formula is C11H16N2OS2. The summed E-state index contributed by atoms with van der Waals surface area (Å²) in [4.78, 5) is 13.8. The third-order valence-electron chi connectivity index (χ3n) is 3.22. The topological polar surface area (TPSA) is 37.8 Å². The summed E-state index contributed by atoms with van der Waals surface area (Å²) in [5, 5.41) is 0.799. The molecule has 1 N–H and O–H groups in total. The van der Waals surface area contributed by atoms with Crippen molar-refractivity contribution >= 4 is 24.0 Å². The molecule has 5 heteroatoms. The van der Waals surface area contributed by atoms with Crippen molar-refractivity contribution in [1.82, 2.24) is 9.55 Å². The van der Waals surface area contributed by atoms with E-state index in [1.54, 1.807) is 6.07 Å². The predicted molar refractivity (Wildman–Crippen MR) is 70.7 cm³/mol. The predicted octanol–water partition coefficient (Wildman–Crippen LogP) is 2.75. The fourth-order valence-corrected chi connectivity index (χ4v) is 3.33. The minimum absolute atomic E-state index is 0.112. The SMILES string of the molecule is CSC1CCC(n2ccc(=O)[nH]c2=S)CC1. The van der Waals surface area contributed by atoms with Crippen LogP contribution in [0.1, 0.15) is 31.7 Å². The molecule has 1 aromatic rings. The van der Waals surface area contributed by atoms with Crippen molar-refractivity contribution in [2.24, 2.45) is 0 Å². The standard InChI is InChI=1S/C11H16N2OS2/c1-16-9-4-2-8(3-5-9)13-7-6-10(14)12-11(13)15/h6-9H,2-5H2,1H3,(H,12,14,15). The molecule has 1 saturated carbocycles. The van der Waals surface area contributed by atoms with Crippen molar-refractivity contribution in [3.05, 3.63) is 27.4 Å². The van der Waals surface area contributed by atoms with Gasteiger partial charge >= 0.3 is 0 Å². The Kier molecular flexibility index (Phi) is 3.86. The number of hydrogen-bond acceptors (Lipinski definition) is 3. The van der Waals surface area contributed by atoms with Crippen molar-refractivity contribution in [1.29, 1.82) is 0 Å². The van der Waals surface area contributed by atoms with E-state index in [9.17, 15) is 4.79 Å². The van der Waals surface area contributed by atoms with E-state index in [1.807, 2.05) is 22.5 Å². The van der Waals surface area contributed by atoms with Gasteiger partial charge in [-0.2, -0.15) is 11.8 Å². The van der Waals surface area contributed by atoms with Gasteiger partial charge in [-0.1, -0.05) is 0 Å². The summed E-state index contributed by atoms with van der Waals surface area (Å²) >= 11 is 7.14. The molecule has 0 saturated heterocycles. The Hall–Kier alpha value is -0.550. The van der Waals surface area contributed by atoms with E-state index in [4.69, 9.17) is 12.2 Å². The molecule has 1 aliphatic rings. The Bertz CT molecular complexity index is 458. The van der Waals surface area contributed by atoms with Crippen LogP contribution in [0.2, 0.25) is 0 Å². The first-order valence-electron chi connectivity index (χ1n) is 5.55. The zero-order chi connectivity index (χ0) is 11.5. The van der Waals surface area contributed by atoms with Crippen LogP contribution in [0.3, 0.4) is 0 Å². The Morgan fingerprint density at radius 1 is 1.44 bits per heavy atom. The van der Waals surface area contributed by atoms with Crippen LogP contribution in [-0.2, 0) is 0 Å². The molecule has 2 rings (SSSR count). The third-order valence-corrected chi connectivity index (χ3v) is 4.67. The maximum absolute atomic E-state index is 11.1. The number of aromatic amines is 1. The number of aromatic nitrogens is 2. The second-order valence-electron chi connectivity index (χ2n) is 4.18. The monoisotopic (exact) mass is 256 g/mol. The minimum Gasteiger partial charge on any atom is -0.322 e. The summed E-state index contributed by atoms with van der Waals surface area (Å²) in [5.74, 6) is 0. The summed E-state index contributed by atoms with van der Waals surface area (Å²) in [6, 6.07) is 2.02. The van der Waals surface area contributed by atoms with Gasteiger partial charge in [-0.15, -0.1) is 0 Å². The molecule has 1 fully saturated rings. The number of hydrogen-bond donors (Lipinski definition) is 1. The van der Waals surface area contributed by atoms with Gasteiger partial charge in [-0.05, 0) is 44.2 Å². The zero-order valence-electron chi connectivity index (χ0n) is 9.31. The number of nitrogens with one attached hydrogen (secondary N) is 1. The first-order chi connectivity index (χ1) is 7.70. The maximum Gasteiger partial charge on any atom is 0.251 e. The van der Waals surface area contributed by atoms with Gasteiger partial charge in [0.05, 0.1) is 0 Å². The van der Waals surface area contributed by atoms with Gasteiger partial charge in [-0.25, -0.2) is 0 Å². The molecule has 0 aliphatic heterocycles. The van der Waals surface area contributed by atoms with Gasteiger partial charge in [0.2, 0.25) is 0 Å². The lowest BCUT2D eigenvalue weighted by atomic mass is 9.95. The summed E-state index contributed by atoms with van der Waals surface area (Å²) in [5.41, 5.74) is -0.112. The highest BCUT2D eigenvalue weighted by atomic mass is 32.2. The highest BCUT2D eigenvalue weighted by Gasteiger charge is 2.21. The van der Waals surface area contributed by atoms with E-state index in [1.165, 1.54) is 12.8 Å². The molecule has 0 bridgehead atoms. The van der Waals surface area contributed by atoms with E-state index in [2.05, 4.69) is 11.2 Å². The van der Waals surface area contributed by atoms with E-state index in [-0.39, 0.29) is 5.56 Å². The molecule has 0 radical (unpaired) electrons. The van der Waals surface area contributed by atoms with Crippen LogP contribution >= 0.6 is 24.0 Å². The van der Waals surface area contributed by atoms with Crippen LogP contribution in [0.25, 0.3) is 0 Å². The fourth-order valence-electron chi connectivity index (χ4n) is 2.27. The van der Waals surface area contributed by atoms with Crippen LogP contribution < -0.4 is 5.56 Å². The molecular weight excluding hydrogens is 240 g/mol. The molecule has 0 unspecified atom stereocenters. The average molecular weight is 256 g/mol. The second-order valence-corrected chi connectivity index (χ2v) is 5.71. The van der Waals surface area contributed by atoms with Gasteiger partial charge in [-0.3, -0.25) is 9.78 Å². The smallest absolute Gasteiger partial charge is 0.251 e. The number of nitrogens with zero attached hydrogens (tertiary/aromatic N) is 1. The molecule has 1 aromatic heterocycles. The van der Waals surface area contributed by atoms with Crippen molar-refractivity contribution in [2.45, 2.75) is 37.0 Å². The van der Waals surface area contributed by atoms with Gasteiger partial charge in [0.1, 0.15) is 0 Å². The van der Waals surface area contributed by atoms with Crippen LogP contribution in [0.4, 0.5) is 0 Å². The lowest BCUT2D eigenvalue weighted by Crippen LogP contribution is -2.22. The molecule has 0 aromatic carbocycles. The van der Waals surface area contributed by atoms with Crippen molar-refractivity contribution < 1.29 is 0 Å². The molecule has 0 atom stereocenters. The quantitative estimate of drug-likeness (QED) is 0.827. The number of thioether (sulfide) groups is 1. The molecule has 1 heterocycles. The lowest BCUT2D eigenvalue weighted by Gasteiger charge is -2.29. The molecule has 88 valence electrons.